The number of hydroxylamine groups is 2. The van der Waals surface area contributed by atoms with Crippen LogP contribution in [0.5, 0.6) is 0 Å². The minimum Gasteiger partial charge on any atom is -0.368 e. The number of rotatable bonds is 4. The van der Waals surface area contributed by atoms with Crippen molar-refractivity contribution in [2.45, 2.75) is 27.3 Å². The number of nitrogens with zero attached hydrogens (tertiary/aromatic N) is 3. The van der Waals surface area contributed by atoms with Crippen molar-refractivity contribution < 1.29 is 14.0 Å². The van der Waals surface area contributed by atoms with Gasteiger partial charge in [-0.15, -0.1) is 5.06 Å². The van der Waals surface area contributed by atoms with Gasteiger partial charge in [-0.3, -0.25) is 0 Å². The number of carbonyl (C=O) groups excluding carboxylic acids is 1. The van der Waals surface area contributed by atoms with Crippen LogP contribution in [0.25, 0.3) is 10.9 Å². The van der Waals surface area contributed by atoms with Crippen LogP contribution in [-0.4, -0.2) is 41.8 Å². The molecule has 0 spiro atoms. The molecular formula is C24H28FN3O2. The Morgan fingerprint density at radius 2 is 1.77 bits per heavy atom. The molecule has 0 bridgehead atoms. The molecule has 0 radical (unpaired) electrons. The highest BCUT2D eigenvalue weighted by atomic mass is 19.1. The quantitative estimate of drug-likeness (QED) is 0.638. The topological polar surface area (TPSA) is 37.7 Å². The second-order valence-electron chi connectivity index (χ2n) is 8.83. The summed E-state index contributed by atoms with van der Waals surface area (Å²) in [5.41, 5.74) is 2.73. The first-order valence-corrected chi connectivity index (χ1v) is 10.4. The van der Waals surface area contributed by atoms with Crippen LogP contribution in [0, 0.1) is 11.2 Å². The Bertz CT molecular complexity index is 1050. The SMILES string of the molecule is CC(C)(C)C(=O)ON1CCN(c2cccc3c2ccn3Cc2cccc(F)c2)CC1. The minimum atomic E-state index is -0.507. The van der Waals surface area contributed by atoms with Gasteiger partial charge in [0.25, 0.3) is 0 Å². The van der Waals surface area contributed by atoms with E-state index in [0.29, 0.717) is 19.6 Å². The van der Waals surface area contributed by atoms with Gasteiger partial charge in [-0.25, -0.2) is 9.18 Å². The van der Waals surface area contributed by atoms with E-state index >= 15 is 0 Å². The Hall–Kier alpha value is -2.86. The Morgan fingerprint density at radius 1 is 1.03 bits per heavy atom. The van der Waals surface area contributed by atoms with Gasteiger partial charge in [0.05, 0.1) is 24.0 Å². The molecule has 2 aromatic carbocycles. The Labute approximate surface area is 176 Å². The zero-order chi connectivity index (χ0) is 21.3. The lowest BCUT2D eigenvalue weighted by Gasteiger charge is -2.36. The summed E-state index contributed by atoms with van der Waals surface area (Å²) in [6.07, 6.45) is 2.06. The van der Waals surface area contributed by atoms with Gasteiger partial charge in [-0.2, -0.15) is 0 Å². The maximum Gasteiger partial charge on any atom is 0.330 e. The predicted molar refractivity (Wildman–Crippen MR) is 117 cm³/mol. The lowest BCUT2D eigenvalue weighted by Crippen LogP contribution is -2.48. The Balaban J connectivity index is 1.48. The van der Waals surface area contributed by atoms with Crippen LogP contribution >= 0.6 is 0 Å². The van der Waals surface area contributed by atoms with Crippen molar-refractivity contribution in [1.29, 1.82) is 0 Å². The van der Waals surface area contributed by atoms with Gasteiger partial charge in [0.2, 0.25) is 0 Å². The third kappa shape index (κ3) is 4.33. The molecule has 0 saturated carbocycles. The smallest absolute Gasteiger partial charge is 0.330 e. The monoisotopic (exact) mass is 409 g/mol. The lowest BCUT2D eigenvalue weighted by molar-refractivity contribution is -0.201. The molecule has 2 heterocycles. The zero-order valence-corrected chi connectivity index (χ0v) is 17.8. The summed E-state index contributed by atoms with van der Waals surface area (Å²) >= 11 is 0. The fourth-order valence-corrected chi connectivity index (χ4v) is 3.73. The van der Waals surface area contributed by atoms with Crippen LogP contribution in [0.15, 0.2) is 54.7 Å². The number of hydrogen-bond acceptors (Lipinski definition) is 4. The molecule has 0 aliphatic carbocycles. The van der Waals surface area contributed by atoms with E-state index < -0.39 is 5.41 Å². The van der Waals surface area contributed by atoms with E-state index in [9.17, 15) is 9.18 Å². The first-order valence-electron chi connectivity index (χ1n) is 10.4. The van der Waals surface area contributed by atoms with Gasteiger partial charge in [0.15, 0.2) is 0 Å². The molecule has 6 heteroatoms. The molecule has 1 saturated heterocycles. The summed E-state index contributed by atoms with van der Waals surface area (Å²) in [5, 5.41) is 2.94. The molecular weight excluding hydrogens is 381 g/mol. The average molecular weight is 410 g/mol. The molecule has 4 rings (SSSR count). The van der Waals surface area contributed by atoms with Crippen LogP contribution < -0.4 is 4.90 Å². The van der Waals surface area contributed by atoms with Crippen molar-refractivity contribution in [2.75, 3.05) is 31.1 Å². The molecule has 0 atom stereocenters. The zero-order valence-electron chi connectivity index (χ0n) is 17.8. The Morgan fingerprint density at radius 3 is 2.47 bits per heavy atom. The van der Waals surface area contributed by atoms with E-state index in [1.54, 1.807) is 17.2 Å². The molecule has 1 aliphatic heterocycles. The van der Waals surface area contributed by atoms with Gasteiger partial charge in [0.1, 0.15) is 5.82 Å². The second kappa shape index (κ2) is 8.11. The van der Waals surface area contributed by atoms with Crippen LogP contribution in [-0.2, 0) is 16.2 Å². The maximum absolute atomic E-state index is 13.5. The van der Waals surface area contributed by atoms with Crippen LogP contribution in [0.4, 0.5) is 10.1 Å². The lowest BCUT2D eigenvalue weighted by atomic mass is 9.98. The molecule has 158 valence electrons. The van der Waals surface area contributed by atoms with Gasteiger partial charge >= 0.3 is 5.97 Å². The number of halogens is 1. The third-order valence-corrected chi connectivity index (χ3v) is 5.44. The number of anilines is 1. The van der Waals surface area contributed by atoms with Crippen LogP contribution in [0.2, 0.25) is 0 Å². The summed E-state index contributed by atoms with van der Waals surface area (Å²) in [6.45, 7) is 9.12. The van der Waals surface area contributed by atoms with Crippen molar-refractivity contribution in [1.82, 2.24) is 9.63 Å². The van der Waals surface area contributed by atoms with E-state index in [4.69, 9.17) is 4.84 Å². The maximum atomic E-state index is 13.5. The first kappa shape index (κ1) is 20.4. The molecule has 30 heavy (non-hydrogen) atoms. The predicted octanol–water partition coefficient (Wildman–Crippen LogP) is 4.46. The van der Waals surface area contributed by atoms with E-state index in [0.717, 1.165) is 24.2 Å². The van der Waals surface area contributed by atoms with Gasteiger partial charge in [0, 0.05) is 36.9 Å². The van der Waals surface area contributed by atoms with Gasteiger partial charge < -0.3 is 14.3 Å². The highest BCUT2D eigenvalue weighted by molar-refractivity contribution is 5.93. The number of piperazine rings is 1. The number of benzene rings is 2. The molecule has 0 amide bonds. The minimum absolute atomic E-state index is 0.201. The third-order valence-electron chi connectivity index (χ3n) is 5.44. The first-order chi connectivity index (χ1) is 14.3. The summed E-state index contributed by atoms with van der Waals surface area (Å²) in [4.78, 5) is 20.0. The van der Waals surface area contributed by atoms with Gasteiger partial charge in [-0.05, 0) is 56.7 Å². The van der Waals surface area contributed by atoms with Crippen molar-refractivity contribution in [3.8, 4) is 0 Å². The van der Waals surface area contributed by atoms with E-state index in [1.807, 2.05) is 26.8 Å². The summed E-state index contributed by atoms with van der Waals surface area (Å²) in [6, 6.07) is 15.1. The van der Waals surface area contributed by atoms with E-state index in [2.05, 4.69) is 39.9 Å². The molecule has 1 aromatic heterocycles. The fraction of sp³-hybridized carbons (Fsp3) is 0.375. The van der Waals surface area contributed by atoms with Crippen LogP contribution in [0.3, 0.4) is 0 Å². The van der Waals surface area contributed by atoms with Crippen molar-refractivity contribution in [3.05, 3.63) is 66.1 Å². The highest BCUT2D eigenvalue weighted by Gasteiger charge is 2.28. The largest absolute Gasteiger partial charge is 0.368 e. The van der Waals surface area contributed by atoms with Crippen molar-refractivity contribution >= 4 is 22.6 Å². The molecule has 5 nitrogen and oxygen atoms in total. The van der Waals surface area contributed by atoms with Crippen molar-refractivity contribution in [2.24, 2.45) is 5.41 Å². The number of fused-ring (bicyclic) bond motifs is 1. The molecule has 0 unspecified atom stereocenters. The van der Waals surface area contributed by atoms with Crippen molar-refractivity contribution in [3.63, 3.8) is 0 Å². The van der Waals surface area contributed by atoms with Crippen LogP contribution in [0.1, 0.15) is 26.3 Å². The summed E-state index contributed by atoms with van der Waals surface area (Å²) in [5.74, 6) is -0.415. The number of aromatic nitrogens is 1. The fourth-order valence-electron chi connectivity index (χ4n) is 3.73. The summed E-state index contributed by atoms with van der Waals surface area (Å²) in [7, 11) is 0. The molecule has 3 aromatic rings. The standard InChI is InChI=1S/C24H28FN3O2/c1-24(2,3)23(29)30-28-14-12-26(13-15-28)21-8-5-9-22-20(21)10-11-27(22)17-18-6-4-7-19(25)16-18/h4-11,16H,12-15,17H2,1-3H3. The van der Waals surface area contributed by atoms with E-state index in [1.165, 1.54) is 17.1 Å². The summed E-state index contributed by atoms with van der Waals surface area (Å²) < 4.78 is 15.7. The molecule has 1 fully saturated rings. The molecule has 1 aliphatic rings. The number of hydrogen-bond donors (Lipinski definition) is 0. The van der Waals surface area contributed by atoms with Gasteiger partial charge in [-0.1, -0.05) is 18.2 Å². The average Bonchev–Trinajstić information content (AvgIpc) is 3.11. The number of carbonyl (C=O) groups is 1. The Kier molecular flexibility index (Phi) is 5.52. The second-order valence-corrected chi connectivity index (χ2v) is 8.83. The molecule has 0 N–H and O–H groups in total. The normalized spacial score (nSPS) is 15.5. The van der Waals surface area contributed by atoms with E-state index in [-0.39, 0.29) is 11.8 Å². The highest BCUT2D eigenvalue weighted by Crippen LogP contribution is 2.29.